The van der Waals surface area contributed by atoms with E-state index in [0.29, 0.717) is 5.69 Å². The van der Waals surface area contributed by atoms with Crippen LogP contribution in [0.25, 0.3) is 0 Å². The number of rotatable bonds is 5. The van der Waals surface area contributed by atoms with Crippen molar-refractivity contribution >= 4 is 11.7 Å². The summed E-state index contributed by atoms with van der Waals surface area (Å²) in [5.74, 6) is -1.02. The van der Waals surface area contributed by atoms with Crippen LogP contribution in [0.5, 0.6) is 0 Å². The summed E-state index contributed by atoms with van der Waals surface area (Å²) in [7, 11) is 0. The van der Waals surface area contributed by atoms with Crippen LogP contribution in [0.15, 0.2) is 18.2 Å². The summed E-state index contributed by atoms with van der Waals surface area (Å²) in [5.41, 5.74) is 1.45. The van der Waals surface area contributed by atoms with Gasteiger partial charge in [0.1, 0.15) is 0 Å². The fourth-order valence-corrected chi connectivity index (χ4v) is 1.28. The van der Waals surface area contributed by atoms with Gasteiger partial charge in [-0.3, -0.25) is 0 Å². The Bertz CT molecular complexity index is 378. The van der Waals surface area contributed by atoms with E-state index in [9.17, 15) is 4.79 Å². The van der Waals surface area contributed by atoms with Crippen molar-refractivity contribution in [3.63, 3.8) is 0 Å². The van der Waals surface area contributed by atoms with Gasteiger partial charge in [0, 0.05) is 12.2 Å². The zero-order chi connectivity index (χ0) is 12.1. The number of aliphatic hydroxyl groups is 2. The van der Waals surface area contributed by atoms with Crippen molar-refractivity contribution in [1.29, 1.82) is 0 Å². The van der Waals surface area contributed by atoms with E-state index < -0.39 is 12.1 Å². The Kier molecular flexibility index (Phi) is 4.28. The monoisotopic (exact) mass is 225 g/mol. The summed E-state index contributed by atoms with van der Waals surface area (Å²) >= 11 is 0. The summed E-state index contributed by atoms with van der Waals surface area (Å²) in [6.07, 6.45) is -0.900. The Balaban J connectivity index is 2.82. The highest BCUT2D eigenvalue weighted by molar-refractivity contribution is 5.94. The summed E-state index contributed by atoms with van der Waals surface area (Å²) in [6.45, 7) is 1.56. The van der Waals surface area contributed by atoms with Crippen LogP contribution in [0.2, 0.25) is 0 Å². The van der Waals surface area contributed by atoms with Crippen LogP contribution in [0.1, 0.15) is 15.9 Å². The molecule has 5 nitrogen and oxygen atoms in total. The number of carboxylic acids is 1. The standard InChI is InChI=1S/C11H15NO4/c1-7-2-3-10(9(4-7)11(15)16)12-5-8(14)6-13/h2-4,8,12-14H,5-6H2,1H3,(H,15,16). The van der Waals surface area contributed by atoms with Crippen molar-refractivity contribution in [3.05, 3.63) is 29.3 Å². The third-order valence-corrected chi connectivity index (χ3v) is 2.14. The second-order valence-corrected chi connectivity index (χ2v) is 3.57. The molecule has 1 aromatic rings. The molecule has 0 bridgehead atoms. The van der Waals surface area contributed by atoms with Gasteiger partial charge in [-0.15, -0.1) is 0 Å². The van der Waals surface area contributed by atoms with Crippen LogP contribution in [0.3, 0.4) is 0 Å². The maximum absolute atomic E-state index is 10.9. The van der Waals surface area contributed by atoms with E-state index in [1.54, 1.807) is 25.1 Å². The van der Waals surface area contributed by atoms with Gasteiger partial charge in [-0.05, 0) is 19.1 Å². The van der Waals surface area contributed by atoms with Gasteiger partial charge in [-0.1, -0.05) is 11.6 Å². The molecule has 16 heavy (non-hydrogen) atoms. The molecule has 4 N–H and O–H groups in total. The zero-order valence-electron chi connectivity index (χ0n) is 8.97. The van der Waals surface area contributed by atoms with E-state index in [4.69, 9.17) is 15.3 Å². The summed E-state index contributed by atoms with van der Waals surface area (Å²) < 4.78 is 0. The van der Waals surface area contributed by atoms with Crippen LogP contribution in [0, 0.1) is 6.92 Å². The summed E-state index contributed by atoms with van der Waals surface area (Å²) in [4.78, 5) is 10.9. The minimum absolute atomic E-state index is 0.111. The predicted octanol–water partition coefficient (Wildman–Crippen LogP) is 0.458. The quantitative estimate of drug-likeness (QED) is 0.584. The van der Waals surface area contributed by atoms with E-state index in [1.807, 2.05) is 0 Å². The summed E-state index contributed by atoms with van der Waals surface area (Å²) in [5, 5.41) is 29.5. The molecule has 5 heteroatoms. The number of benzene rings is 1. The van der Waals surface area contributed by atoms with E-state index in [1.165, 1.54) is 0 Å². The molecule has 1 unspecified atom stereocenters. The van der Waals surface area contributed by atoms with Crippen molar-refractivity contribution < 1.29 is 20.1 Å². The minimum atomic E-state index is -1.02. The van der Waals surface area contributed by atoms with Gasteiger partial charge in [-0.2, -0.15) is 0 Å². The Morgan fingerprint density at radius 1 is 1.50 bits per heavy atom. The normalized spacial score (nSPS) is 12.2. The topological polar surface area (TPSA) is 89.8 Å². The highest BCUT2D eigenvalue weighted by Crippen LogP contribution is 2.17. The van der Waals surface area contributed by atoms with Gasteiger partial charge in [0.25, 0.3) is 0 Å². The van der Waals surface area contributed by atoms with Crippen molar-refractivity contribution in [3.8, 4) is 0 Å². The lowest BCUT2D eigenvalue weighted by atomic mass is 10.1. The van der Waals surface area contributed by atoms with Crippen LogP contribution in [0.4, 0.5) is 5.69 Å². The number of aryl methyl sites for hydroxylation is 1. The molecule has 0 fully saturated rings. The van der Waals surface area contributed by atoms with Gasteiger partial charge in [-0.25, -0.2) is 4.79 Å². The molecule has 0 aliphatic carbocycles. The fourth-order valence-electron chi connectivity index (χ4n) is 1.28. The highest BCUT2D eigenvalue weighted by atomic mass is 16.4. The van der Waals surface area contributed by atoms with Gasteiger partial charge in [0.2, 0.25) is 0 Å². The Labute approximate surface area is 93.4 Å². The lowest BCUT2D eigenvalue weighted by Crippen LogP contribution is -2.23. The average Bonchev–Trinajstić information content (AvgIpc) is 2.26. The molecule has 0 amide bonds. The Hall–Kier alpha value is -1.59. The van der Waals surface area contributed by atoms with Crippen molar-refractivity contribution in [2.24, 2.45) is 0 Å². The first-order valence-electron chi connectivity index (χ1n) is 4.91. The molecule has 0 saturated carbocycles. The number of carboxylic acid groups (broad SMARTS) is 1. The van der Waals surface area contributed by atoms with Crippen LogP contribution in [-0.2, 0) is 0 Å². The molecule has 1 atom stereocenters. The Morgan fingerprint density at radius 3 is 2.75 bits per heavy atom. The molecule has 0 aliphatic heterocycles. The maximum atomic E-state index is 10.9. The first-order valence-corrected chi connectivity index (χ1v) is 4.91. The molecular weight excluding hydrogens is 210 g/mol. The van der Waals surface area contributed by atoms with Gasteiger partial charge < -0.3 is 20.6 Å². The number of nitrogens with one attached hydrogen (secondary N) is 1. The second-order valence-electron chi connectivity index (χ2n) is 3.57. The molecule has 0 radical (unpaired) electrons. The van der Waals surface area contributed by atoms with Crippen LogP contribution < -0.4 is 5.32 Å². The number of aromatic carboxylic acids is 1. The lowest BCUT2D eigenvalue weighted by molar-refractivity contribution is 0.0697. The first-order chi connectivity index (χ1) is 7.54. The maximum Gasteiger partial charge on any atom is 0.337 e. The molecular formula is C11H15NO4. The average molecular weight is 225 g/mol. The SMILES string of the molecule is Cc1ccc(NCC(O)CO)c(C(=O)O)c1. The lowest BCUT2D eigenvalue weighted by Gasteiger charge is -2.12. The third-order valence-electron chi connectivity index (χ3n) is 2.14. The number of carbonyl (C=O) groups is 1. The van der Waals surface area contributed by atoms with E-state index in [0.717, 1.165) is 5.56 Å². The van der Waals surface area contributed by atoms with Crippen molar-refractivity contribution in [2.45, 2.75) is 13.0 Å². The molecule has 0 heterocycles. The highest BCUT2D eigenvalue weighted by Gasteiger charge is 2.10. The largest absolute Gasteiger partial charge is 0.478 e. The van der Waals surface area contributed by atoms with E-state index in [-0.39, 0.29) is 18.7 Å². The van der Waals surface area contributed by atoms with Crippen LogP contribution >= 0.6 is 0 Å². The van der Waals surface area contributed by atoms with E-state index in [2.05, 4.69) is 5.32 Å². The number of hydrogen-bond donors (Lipinski definition) is 4. The molecule has 1 rings (SSSR count). The second kappa shape index (κ2) is 5.48. The number of hydrogen-bond acceptors (Lipinski definition) is 4. The smallest absolute Gasteiger partial charge is 0.337 e. The zero-order valence-corrected chi connectivity index (χ0v) is 8.97. The molecule has 0 aliphatic rings. The van der Waals surface area contributed by atoms with Gasteiger partial charge in [0.15, 0.2) is 0 Å². The van der Waals surface area contributed by atoms with Crippen LogP contribution in [-0.4, -0.2) is 40.5 Å². The molecule has 0 saturated heterocycles. The van der Waals surface area contributed by atoms with Gasteiger partial charge >= 0.3 is 5.97 Å². The molecule has 0 spiro atoms. The van der Waals surface area contributed by atoms with Gasteiger partial charge in [0.05, 0.1) is 18.3 Å². The number of aliphatic hydroxyl groups excluding tert-OH is 2. The Morgan fingerprint density at radius 2 is 2.19 bits per heavy atom. The third kappa shape index (κ3) is 3.22. The number of anilines is 1. The molecule has 0 aromatic heterocycles. The minimum Gasteiger partial charge on any atom is -0.478 e. The fraction of sp³-hybridized carbons (Fsp3) is 0.364. The van der Waals surface area contributed by atoms with E-state index >= 15 is 0 Å². The molecule has 1 aromatic carbocycles. The van der Waals surface area contributed by atoms with Crippen molar-refractivity contribution in [1.82, 2.24) is 0 Å². The van der Waals surface area contributed by atoms with Crippen molar-refractivity contribution in [2.75, 3.05) is 18.5 Å². The predicted molar refractivity (Wildman–Crippen MR) is 59.7 cm³/mol. The summed E-state index contributed by atoms with van der Waals surface area (Å²) in [6, 6.07) is 4.97. The molecule has 88 valence electrons. The first kappa shape index (κ1) is 12.5.